The predicted octanol–water partition coefficient (Wildman–Crippen LogP) is -0.154. The van der Waals surface area contributed by atoms with E-state index in [0.29, 0.717) is 12.2 Å². The van der Waals surface area contributed by atoms with Crippen LogP contribution in [0.15, 0.2) is 12.4 Å². The third kappa shape index (κ3) is 1.73. The molecule has 4 heteroatoms. The molecule has 1 heterocycles. The van der Waals surface area contributed by atoms with E-state index in [-0.39, 0.29) is 6.10 Å². The molecule has 1 atom stereocenters. The molecule has 0 aliphatic heterocycles. The van der Waals surface area contributed by atoms with Gasteiger partial charge >= 0.3 is 0 Å². The van der Waals surface area contributed by atoms with Crippen molar-refractivity contribution in [1.82, 2.24) is 9.78 Å². The Bertz CT molecular complexity index is 207. The van der Waals surface area contributed by atoms with E-state index in [0.717, 1.165) is 0 Å². The van der Waals surface area contributed by atoms with Gasteiger partial charge in [-0.25, -0.2) is 0 Å². The Morgan fingerprint density at radius 1 is 1.90 bits per heavy atom. The van der Waals surface area contributed by atoms with Gasteiger partial charge in [0.05, 0.1) is 24.5 Å². The molecule has 0 aliphatic rings. The van der Waals surface area contributed by atoms with Gasteiger partial charge in [0.15, 0.2) is 0 Å². The minimum atomic E-state index is -0.376. The molecule has 1 unspecified atom stereocenters. The fourth-order valence-corrected chi connectivity index (χ4v) is 0.750. The number of nitrogens with zero attached hydrogens (tertiary/aromatic N) is 2. The highest BCUT2D eigenvalue weighted by atomic mass is 16.3. The minimum absolute atomic E-state index is 0.376. The summed E-state index contributed by atoms with van der Waals surface area (Å²) in [5.41, 5.74) is 6.01. The zero-order valence-corrected chi connectivity index (χ0v) is 5.86. The molecule has 0 fully saturated rings. The van der Waals surface area contributed by atoms with Crippen LogP contribution in [0.1, 0.15) is 6.92 Å². The molecule has 56 valence electrons. The number of anilines is 1. The lowest BCUT2D eigenvalue weighted by molar-refractivity contribution is 0.168. The van der Waals surface area contributed by atoms with Gasteiger partial charge in [-0.1, -0.05) is 0 Å². The first-order chi connectivity index (χ1) is 4.68. The van der Waals surface area contributed by atoms with Gasteiger partial charge in [-0.2, -0.15) is 5.10 Å². The summed E-state index contributed by atoms with van der Waals surface area (Å²) in [6.45, 7) is 2.20. The second kappa shape index (κ2) is 2.70. The number of hydrogen-bond donors (Lipinski definition) is 2. The Hall–Kier alpha value is -1.03. The summed E-state index contributed by atoms with van der Waals surface area (Å²) in [6.07, 6.45) is 2.87. The molecule has 0 radical (unpaired) electrons. The van der Waals surface area contributed by atoms with Gasteiger partial charge in [-0.3, -0.25) is 4.68 Å². The Morgan fingerprint density at radius 3 is 3.00 bits per heavy atom. The zero-order valence-electron chi connectivity index (χ0n) is 5.86. The van der Waals surface area contributed by atoms with Crippen molar-refractivity contribution in [2.24, 2.45) is 0 Å². The van der Waals surface area contributed by atoms with Gasteiger partial charge in [0.2, 0.25) is 0 Å². The summed E-state index contributed by atoms with van der Waals surface area (Å²) in [7, 11) is 0. The van der Waals surface area contributed by atoms with Gasteiger partial charge in [-0.15, -0.1) is 0 Å². The average molecular weight is 141 g/mol. The lowest BCUT2D eigenvalue weighted by Crippen LogP contribution is -2.11. The third-order valence-electron chi connectivity index (χ3n) is 1.10. The van der Waals surface area contributed by atoms with Crippen molar-refractivity contribution in [3.05, 3.63) is 12.4 Å². The molecular weight excluding hydrogens is 130 g/mol. The molecule has 1 aromatic rings. The predicted molar refractivity (Wildman–Crippen MR) is 38.3 cm³/mol. The smallest absolute Gasteiger partial charge is 0.0719 e. The standard InChI is InChI=1S/C6H11N3O/c1-5(10)3-9-4-6(7)2-8-9/h2,4-5,10H,3,7H2,1H3. The van der Waals surface area contributed by atoms with Crippen LogP contribution >= 0.6 is 0 Å². The molecule has 1 aromatic heterocycles. The zero-order chi connectivity index (χ0) is 7.56. The Labute approximate surface area is 59.3 Å². The number of aliphatic hydroxyl groups is 1. The summed E-state index contributed by atoms with van der Waals surface area (Å²) in [5, 5.41) is 12.8. The van der Waals surface area contributed by atoms with Crippen LogP contribution in [0.3, 0.4) is 0 Å². The maximum Gasteiger partial charge on any atom is 0.0719 e. The maximum atomic E-state index is 8.91. The van der Waals surface area contributed by atoms with Gasteiger partial charge in [0.1, 0.15) is 0 Å². The summed E-state index contributed by atoms with van der Waals surface area (Å²) in [5.74, 6) is 0. The van der Waals surface area contributed by atoms with Gasteiger partial charge < -0.3 is 10.8 Å². The SMILES string of the molecule is CC(O)Cn1cc(N)cn1. The monoisotopic (exact) mass is 141 g/mol. The summed E-state index contributed by atoms with van der Waals surface area (Å²) in [6, 6.07) is 0. The average Bonchev–Trinajstić information content (AvgIpc) is 2.13. The molecule has 0 bridgehead atoms. The number of aromatic nitrogens is 2. The van der Waals surface area contributed by atoms with Crippen LogP contribution in [-0.4, -0.2) is 21.0 Å². The Morgan fingerprint density at radius 2 is 2.60 bits per heavy atom. The van der Waals surface area contributed by atoms with E-state index in [4.69, 9.17) is 10.8 Å². The van der Waals surface area contributed by atoms with Crippen molar-refractivity contribution in [2.45, 2.75) is 19.6 Å². The van der Waals surface area contributed by atoms with Gasteiger partial charge in [-0.05, 0) is 6.92 Å². The fraction of sp³-hybridized carbons (Fsp3) is 0.500. The summed E-state index contributed by atoms with van der Waals surface area (Å²) >= 11 is 0. The van der Waals surface area contributed by atoms with E-state index in [9.17, 15) is 0 Å². The second-order valence-corrected chi connectivity index (χ2v) is 2.34. The van der Waals surface area contributed by atoms with Gasteiger partial charge in [0.25, 0.3) is 0 Å². The first-order valence-electron chi connectivity index (χ1n) is 3.14. The number of hydrogen-bond acceptors (Lipinski definition) is 3. The largest absolute Gasteiger partial charge is 0.396 e. The van der Waals surface area contributed by atoms with Crippen molar-refractivity contribution in [3.63, 3.8) is 0 Å². The van der Waals surface area contributed by atoms with Crippen LogP contribution in [0.4, 0.5) is 5.69 Å². The molecule has 1 rings (SSSR count). The highest BCUT2D eigenvalue weighted by molar-refractivity contribution is 5.30. The molecule has 0 saturated heterocycles. The molecule has 0 spiro atoms. The lowest BCUT2D eigenvalue weighted by atomic mass is 10.4. The highest BCUT2D eigenvalue weighted by Gasteiger charge is 1.97. The van der Waals surface area contributed by atoms with Crippen LogP contribution in [0.25, 0.3) is 0 Å². The normalized spacial score (nSPS) is 13.4. The Kier molecular flexibility index (Phi) is 1.91. The first kappa shape index (κ1) is 7.08. The minimum Gasteiger partial charge on any atom is -0.396 e. The highest BCUT2D eigenvalue weighted by Crippen LogP contribution is 1.98. The van der Waals surface area contributed by atoms with E-state index >= 15 is 0 Å². The van der Waals surface area contributed by atoms with Crippen molar-refractivity contribution >= 4 is 5.69 Å². The molecule has 0 aliphatic carbocycles. The quantitative estimate of drug-likeness (QED) is 0.601. The van der Waals surface area contributed by atoms with Crippen LogP contribution in [-0.2, 0) is 6.54 Å². The van der Waals surface area contributed by atoms with E-state index in [1.807, 2.05) is 0 Å². The van der Waals surface area contributed by atoms with Crippen LogP contribution in [0.5, 0.6) is 0 Å². The van der Waals surface area contributed by atoms with E-state index in [2.05, 4.69) is 5.10 Å². The topological polar surface area (TPSA) is 64.1 Å². The van der Waals surface area contributed by atoms with Crippen LogP contribution < -0.4 is 5.73 Å². The molecular formula is C6H11N3O. The second-order valence-electron chi connectivity index (χ2n) is 2.34. The molecule has 0 saturated carbocycles. The number of aliphatic hydroxyl groups excluding tert-OH is 1. The molecule has 3 N–H and O–H groups in total. The maximum absolute atomic E-state index is 8.91. The number of rotatable bonds is 2. The van der Waals surface area contributed by atoms with E-state index in [1.54, 1.807) is 24.0 Å². The van der Waals surface area contributed by atoms with E-state index in [1.165, 1.54) is 0 Å². The number of nitrogen functional groups attached to an aromatic ring is 1. The third-order valence-corrected chi connectivity index (χ3v) is 1.10. The Balaban J connectivity index is 2.58. The van der Waals surface area contributed by atoms with Crippen LogP contribution in [0, 0.1) is 0 Å². The van der Waals surface area contributed by atoms with Crippen molar-refractivity contribution in [3.8, 4) is 0 Å². The van der Waals surface area contributed by atoms with E-state index < -0.39 is 0 Å². The van der Waals surface area contributed by atoms with Crippen LogP contribution in [0.2, 0.25) is 0 Å². The van der Waals surface area contributed by atoms with Crippen molar-refractivity contribution in [2.75, 3.05) is 5.73 Å². The first-order valence-corrected chi connectivity index (χ1v) is 3.14. The summed E-state index contributed by atoms with van der Waals surface area (Å²) < 4.78 is 1.61. The van der Waals surface area contributed by atoms with Crippen molar-refractivity contribution < 1.29 is 5.11 Å². The molecule has 0 amide bonds. The summed E-state index contributed by atoms with van der Waals surface area (Å²) in [4.78, 5) is 0. The molecule has 0 aromatic carbocycles. The van der Waals surface area contributed by atoms with Crippen molar-refractivity contribution in [1.29, 1.82) is 0 Å². The fourth-order valence-electron chi connectivity index (χ4n) is 0.750. The molecule has 4 nitrogen and oxygen atoms in total. The number of nitrogens with two attached hydrogens (primary N) is 1. The van der Waals surface area contributed by atoms with Gasteiger partial charge in [0, 0.05) is 6.20 Å². The molecule has 10 heavy (non-hydrogen) atoms. The lowest BCUT2D eigenvalue weighted by Gasteiger charge is -2.01.